The number of hydrogen-bond donors (Lipinski definition) is 0. The number of halogens is 1. The molecular formula is C14H17FN2O3. The molecule has 0 radical (unpaired) electrons. The van der Waals surface area contributed by atoms with Gasteiger partial charge < -0.3 is 14.5 Å². The molecule has 1 aliphatic heterocycles. The van der Waals surface area contributed by atoms with E-state index in [1.807, 2.05) is 7.05 Å². The third-order valence-corrected chi connectivity index (χ3v) is 3.41. The van der Waals surface area contributed by atoms with Crippen LogP contribution in [0.5, 0.6) is 0 Å². The summed E-state index contributed by atoms with van der Waals surface area (Å²) in [6.45, 7) is 2.86. The summed E-state index contributed by atoms with van der Waals surface area (Å²) >= 11 is 0. The number of amides is 1. The summed E-state index contributed by atoms with van der Waals surface area (Å²) in [5.74, 6) is -1.66. The lowest BCUT2D eigenvalue weighted by atomic mass is 10.1. The predicted molar refractivity (Wildman–Crippen MR) is 71.1 cm³/mol. The number of hydrogen-bond acceptors (Lipinski definition) is 4. The topological polar surface area (TPSA) is 49.9 Å². The first-order chi connectivity index (χ1) is 9.52. The maximum absolute atomic E-state index is 13.5. The van der Waals surface area contributed by atoms with E-state index < -0.39 is 11.8 Å². The monoisotopic (exact) mass is 280 g/mol. The Morgan fingerprint density at radius 2 is 1.85 bits per heavy atom. The Morgan fingerprint density at radius 1 is 1.20 bits per heavy atom. The molecule has 0 aliphatic carbocycles. The van der Waals surface area contributed by atoms with Gasteiger partial charge in [-0.25, -0.2) is 9.18 Å². The van der Waals surface area contributed by atoms with Crippen LogP contribution in [-0.2, 0) is 4.74 Å². The van der Waals surface area contributed by atoms with Crippen LogP contribution in [0, 0.1) is 5.82 Å². The Morgan fingerprint density at radius 3 is 2.45 bits per heavy atom. The van der Waals surface area contributed by atoms with Gasteiger partial charge >= 0.3 is 5.97 Å². The smallest absolute Gasteiger partial charge is 0.340 e. The number of piperazine rings is 1. The van der Waals surface area contributed by atoms with E-state index in [9.17, 15) is 14.0 Å². The van der Waals surface area contributed by atoms with Crippen molar-refractivity contribution in [3.63, 3.8) is 0 Å². The van der Waals surface area contributed by atoms with Crippen molar-refractivity contribution >= 4 is 11.9 Å². The van der Waals surface area contributed by atoms with E-state index >= 15 is 0 Å². The summed E-state index contributed by atoms with van der Waals surface area (Å²) in [7, 11) is 3.17. The van der Waals surface area contributed by atoms with Crippen LogP contribution in [0.25, 0.3) is 0 Å². The molecular weight excluding hydrogens is 263 g/mol. The van der Waals surface area contributed by atoms with E-state index in [1.54, 1.807) is 4.90 Å². The van der Waals surface area contributed by atoms with Gasteiger partial charge in [0.25, 0.3) is 5.91 Å². The van der Waals surface area contributed by atoms with Crippen molar-refractivity contribution in [3.8, 4) is 0 Å². The van der Waals surface area contributed by atoms with Gasteiger partial charge in [0.05, 0.1) is 12.7 Å². The van der Waals surface area contributed by atoms with Gasteiger partial charge in [-0.15, -0.1) is 0 Å². The average molecular weight is 280 g/mol. The Hall–Kier alpha value is -1.95. The summed E-state index contributed by atoms with van der Waals surface area (Å²) in [6.07, 6.45) is 0. The molecule has 0 aromatic heterocycles. The molecule has 0 atom stereocenters. The first kappa shape index (κ1) is 14.5. The van der Waals surface area contributed by atoms with Gasteiger partial charge in [-0.1, -0.05) is 0 Å². The third kappa shape index (κ3) is 2.96. The van der Waals surface area contributed by atoms with Gasteiger partial charge in [-0.3, -0.25) is 4.79 Å². The van der Waals surface area contributed by atoms with Crippen LogP contribution in [0.2, 0.25) is 0 Å². The number of carbonyl (C=O) groups excluding carboxylic acids is 2. The molecule has 108 valence electrons. The van der Waals surface area contributed by atoms with Crippen LogP contribution in [0.15, 0.2) is 18.2 Å². The summed E-state index contributed by atoms with van der Waals surface area (Å²) in [5.41, 5.74) is 0.0869. The Bertz CT molecular complexity index is 525. The van der Waals surface area contributed by atoms with E-state index in [0.717, 1.165) is 19.2 Å². The third-order valence-electron chi connectivity index (χ3n) is 3.41. The highest BCUT2D eigenvalue weighted by Gasteiger charge is 2.22. The molecule has 5 nitrogen and oxygen atoms in total. The molecule has 6 heteroatoms. The van der Waals surface area contributed by atoms with Crippen molar-refractivity contribution < 1.29 is 18.7 Å². The summed E-state index contributed by atoms with van der Waals surface area (Å²) < 4.78 is 18.0. The Balaban J connectivity index is 2.20. The standard InChI is InChI=1S/C14H17FN2O3/c1-16-5-7-17(8-6-16)13(18)10-3-4-12(15)11(9-10)14(19)20-2/h3-4,9H,5-8H2,1-2H3. The van der Waals surface area contributed by atoms with Crippen LogP contribution in [0.3, 0.4) is 0 Å². The number of nitrogens with zero attached hydrogens (tertiary/aromatic N) is 2. The van der Waals surface area contributed by atoms with Crippen molar-refractivity contribution in [2.24, 2.45) is 0 Å². The highest BCUT2D eigenvalue weighted by molar-refractivity contribution is 5.98. The molecule has 2 rings (SSSR count). The zero-order valence-corrected chi connectivity index (χ0v) is 11.6. The van der Waals surface area contributed by atoms with Crippen LogP contribution in [0.4, 0.5) is 4.39 Å². The van der Waals surface area contributed by atoms with E-state index in [1.165, 1.54) is 19.2 Å². The highest BCUT2D eigenvalue weighted by Crippen LogP contribution is 2.14. The van der Waals surface area contributed by atoms with Gasteiger partial charge in [-0.2, -0.15) is 0 Å². The molecule has 0 spiro atoms. The Labute approximate surface area is 116 Å². The Kier molecular flexibility index (Phi) is 4.34. The lowest BCUT2D eigenvalue weighted by Gasteiger charge is -2.32. The fraction of sp³-hybridized carbons (Fsp3) is 0.429. The first-order valence-electron chi connectivity index (χ1n) is 6.38. The van der Waals surface area contributed by atoms with E-state index in [2.05, 4.69) is 9.64 Å². The number of benzene rings is 1. The minimum atomic E-state index is -0.782. The fourth-order valence-corrected chi connectivity index (χ4v) is 2.12. The van der Waals surface area contributed by atoms with Gasteiger partial charge in [0.15, 0.2) is 0 Å². The fourth-order valence-electron chi connectivity index (χ4n) is 2.12. The van der Waals surface area contributed by atoms with Gasteiger partial charge in [0.2, 0.25) is 0 Å². The summed E-state index contributed by atoms with van der Waals surface area (Å²) in [6, 6.07) is 3.76. The van der Waals surface area contributed by atoms with E-state index in [-0.39, 0.29) is 11.5 Å². The number of ether oxygens (including phenoxy) is 1. The van der Waals surface area contributed by atoms with Crippen molar-refractivity contribution in [1.29, 1.82) is 0 Å². The molecule has 0 bridgehead atoms. The van der Waals surface area contributed by atoms with Crippen molar-refractivity contribution in [2.45, 2.75) is 0 Å². The van der Waals surface area contributed by atoms with Crippen molar-refractivity contribution in [3.05, 3.63) is 35.1 Å². The number of likely N-dealkylation sites (N-methyl/N-ethyl adjacent to an activating group) is 1. The number of esters is 1. The molecule has 1 aliphatic rings. The maximum atomic E-state index is 13.5. The molecule has 20 heavy (non-hydrogen) atoms. The molecule has 1 fully saturated rings. The van der Waals surface area contributed by atoms with Crippen LogP contribution < -0.4 is 0 Å². The lowest BCUT2D eigenvalue weighted by Crippen LogP contribution is -2.47. The van der Waals surface area contributed by atoms with Crippen LogP contribution in [0.1, 0.15) is 20.7 Å². The average Bonchev–Trinajstić information content (AvgIpc) is 2.47. The minimum absolute atomic E-state index is 0.191. The van der Waals surface area contributed by atoms with Crippen LogP contribution in [-0.4, -0.2) is 62.0 Å². The number of methoxy groups -OCH3 is 1. The molecule has 1 amide bonds. The quantitative estimate of drug-likeness (QED) is 0.758. The summed E-state index contributed by atoms with van der Waals surface area (Å²) in [5, 5.41) is 0. The maximum Gasteiger partial charge on any atom is 0.340 e. The minimum Gasteiger partial charge on any atom is -0.465 e. The predicted octanol–water partition coefficient (Wildman–Crippen LogP) is 1.000. The molecule has 1 heterocycles. The largest absolute Gasteiger partial charge is 0.465 e. The van der Waals surface area contributed by atoms with Gasteiger partial charge in [0.1, 0.15) is 5.82 Å². The van der Waals surface area contributed by atoms with Gasteiger partial charge in [-0.05, 0) is 25.2 Å². The molecule has 0 N–H and O–H groups in total. The van der Waals surface area contributed by atoms with E-state index in [0.29, 0.717) is 18.7 Å². The van der Waals surface area contributed by atoms with Crippen molar-refractivity contribution in [1.82, 2.24) is 9.80 Å². The molecule has 1 saturated heterocycles. The molecule has 1 aromatic rings. The van der Waals surface area contributed by atoms with E-state index in [4.69, 9.17) is 0 Å². The van der Waals surface area contributed by atoms with Gasteiger partial charge in [0, 0.05) is 31.7 Å². The zero-order valence-electron chi connectivity index (χ0n) is 11.6. The SMILES string of the molecule is COC(=O)c1cc(C(=O)N2CCN(C)CC2)ccc1F. The molecule has 0 saturated carbocycles. The molecule has 0 unspecified atom stereocenters. The van der Waals surface area contributed by atoms with Crippen molar-refractivity contribution in [2.75, 3.05) is 40.3 Å². The first-order valence-corrected chi connectivity index (χ1v) is 6.38. The molecule has 1 aromatic carbocycles. The highest BCUT2D eigenvalue weighted by atomic mass is 19.1. The number of rotatable bonds is 2. The lowest BCUT2D eigenvalue weighted by molar-refractivity contribution is 0.0595. The number of carbonyl (C=O) groups is 2. The second kappa shape index (κ2) is 6.00. The normalized spacial score (nSPS) is 16.1. The zero-order chi connectivity index (χ0) is 14.7. The second-order valence-corrected chi connectivity index (χ2v) is 4.78. The second-order valence-electron chi connectivity index (χ2n) is 4.78. The van der Waals surface area contributed by atoms with Crippen LogP contribution >= 0.6 is 0 Å². The summed E-state index contributed by atoms with van der Waals surface area (Å²) in [4.78, 5) is 27.6.